The molecule has 2 aromatic carbocycles. The summed E-state index contributed by atoms with van der Waals surface area (Å²) in [5.74, 6) is -0.368. The number of nitrogens with two attached hydrogens (primary N) is 1. The van der Waals surface area contributed by atoms with Crippen molar-refractivity contribution in [3.05, 3.63) is 59.7 Å². The first-order valence-electron chi connectivity index (χ1n) is 8.17. The first-order valence-corrected chi connectivity index (χ1v) is 8.17. The number of benzene rings is 2. The van der Waals surface area contributed by atoms with Crippen LogP contribution in [0.25, 0.3) is 0 Å². The summed E-state index contributed by atoms with van der Waals surface area (Å²) in [4.78, 5) is 25.4. The number of carbonyl (C=O) groups is 2. The van der Waals surface area contributed by atoms with Gasteiger partial charge in [-0.2, -0.15) is 0 Å². The molecule has 3 amide bonds. The topological polar surface area (TPSA) is 75.4 Å². The van der Waals surface area contributed by atoms with Gasteiger partial charge in [-0.05, 0) is 48.6 Å². The lowest BCUT2D eigenvalue weighted by Crippen LogP contribution is -2.35. The molecule has 1 aliphatic heterocycles. The summed E-state index contributed by atoms with van der Waals surface area (Å²) >= 11 is 0. The number of nitrogens with zero attached hydrogens (tertiary/aromatic N) is 1. The van der Waals surface area contributed by atoms with Gasteiger partial charge in [0.15, 0.2) is 0 Å². The van der Waals surface area contributed by atoms with Crippen molar-refractivity contribution in [3.8, 4) is 0 Å². The minimum absolute atomic E-state index is 0.132. The van der Waals surface area contributed by atoms with E-state index in [9.17, 15) is 9.59 Å². The monoisotopic (exact) mass is 323 g/mol. The standard InChI is InChI=1S/C19H21N3O2/c20-18(23)13-14-8-10-16(11-9-14)21-19(24)22-12-4-3-6-15-5-1-2-7-17(15)22/h1-2,5,7-11H,3-4,6,12-13H2,(H2,20,23)(H,21,24). The Morgan fingerprint density at radius 3 is 2.54 bits per heavy atom. The van der Waals surface area contributed by atoms with Crippen LogP contribution in [-0.4, -0.2) is 18.5 Å². The fourth-order valence-electron chi connectivity index (χ4n) is 3.00. The maximum absolute atomic E-state index is 12.7. The highest BCUT2D eigenvalue weighted by atomic mass is 16.2. The summed E-state index contributed by atoms with van der Waals surface area (Å²) < 4.78 is 0. The molecule has 0 spiro atoms. The Morgan fingerprint density at radius 1 is 1.04 bits per heavy atom. The Bertz CT molecular complexity index is 741. The molecule has 0 fully saturated rings. The number of aryl methyl sites for hydroxylation is 1. The fraction of sp³-hybridized carbons (Fsp3) is 0.263. The van der Waals surface area contributed by atoms with Gasteiger partial charge >= 0.3 is 6.03 Å². The van der Waals surface area contributed by atoms with E-state index in [1.54, 1.807) is 29.2 Å². The molecule has 0 bridgehead atoms. The average molecular weight is 323 g/mol. The summed E-state index contributed by atoms with van der Waals surface area (Å²) in [7, 11) is 0. The number of urea groups is 1. The zero-order valence-corrected chi connectivity index (χ0v) is 13.5. The van der Waals surface area contributed by atoms with E-state index < -0.39 is 0 Å². The third kappa shape index (κ3) is 3.74. The van der Waals surface area contributed by atoms with Crippen LogP contribution in [0.1, 0.15) is 24.0 Å². The van der Waals surface area contributed by atoms with E-state index in [-0.39, 0.29) is 18.4 Å². The summed E-state index contributed by atoms with van der Waals surface area (Å²) in [5.41, 5.74) is 8.92. The molecular weight excluding hydrogens is 302 g/mol. The van der Waals surface area contributed by atoms with Crippen LogP contribution >= 0.6 is 0 Å². The van der Waals surface area contributed by atoms with Crippen LogP contribution < -0.4 is 16.0 Å². The molecule has 124 valence electrons. The molecule has 5 nitrogen and oxygen atoms in total. The number of nitrogens with one attached hydrogen (secondary N) is 1. The quantitative estimate of drug-likeness (QED) is 0.911. The number of para-hydroxylation sites is 1. The van der Waals surface area contributed by atoms with Gasteiger partial charge in [-0.25, -0.2) is 4.79 Å². The molecule has 24 heavy (non-hydrogen) atoms. The van der Waals surface area contributed by atoms with Crippen molar-refractivity contribution < 1.29 is 9.59 Å². The zero-order valence-electron chi connectivity index (χ0n) is 13.5. The van der Waals surface area contributed by atoms with Gasteiger partial charge < -0.3 is 11.1 Å². The maximum Gasteiger partial charge on any atom is 0.326 e. The Balaban J connectivity index is 1.74. The van der Waals surface area contributed by atoms with Crippen LogP contribution in [-0.2, 0) is 17.6 Å². The van der Waals surface area contributed by atoms with Gasteiger partial charge in [-0.3, -0.25) is 9.69 Å². The third-order valence-electron chi connectivity index (χ3n) is 4.19. The summed E-state index contributed by atoms with van der Waals surface area (Å²) in [6.07, 6.45) is 3.28. The Hall–Kier alpha value is -2.82. The molecule has 0 saturated carbocycles. The van der Waals surface area contributed by atoms with Gasteiger partial charge in [0.25, 0.3) is 0 Å². The van der Waals surface area contributed by atoms with Crippen molar-refractivity contribution >= 4 is 23.3 Å². The van der Waals surface area contributed by atoms with Gasteiger partial charge in [-0.1, -0.05) is 30.3 Å². The minimum atomic E-state index is -0.368. The lowest BCUT2D eigenvalue weighted by Gasteiger charge is -2.23. The fourth-order valence-corrected chi connectivity index (χ4v) is 3.00. The van der Waals surface area contributed by atoms with Crippen LogP contribution in [0, 0.1) is 0 Å². The number of primary amides is 1. The molecule has 3 N–H and O–H groups in total. The predicted molar refractivity (Wildman–Crippen MR) is 95.1 cm³/mol. The van der Waals surface area contributed by atoms with Crippen molar-refractivity contribution in [3.63, 3.8) is 0 Å². The molecule has 0 radical (unpaired) electrons. The van der Waals surface area contributed by atoms with E-state index in [0.717, 1.165) is 30.5 Å². The maximum atomic E-state index is 12.7. The Labute approximate surface area is 141 Å². The molecule has 5 heteroatoms. The second-order valence-corrected chi connectivity index (χ2v) is 6.01. The third-order valence-corrected chi connectivity index (χ3v) is 4.19. The molecule has 0 aliphatic carbocycles. The summed E-state index contributed by atoms with van der Waals surface area (Å²) in [5, 5.41) is 2.93. The highest BCUT2D eigenvalue weighted by Crippen LogP contribution is 2.26. The first-order chi connectivity index (χ1) is 11.6. The number of anilines is 2. The Morgan fingerprint density at radius 2 is 1.79 bits per heavy atom. The summed E-state index contributed by atoms with van der Waals surface area (Å²) in [6, 6.07) is 15.1. The molecule has 0 unspecified atom stereocenters. The minimum Gasteiger partial charge on any atom is -0.369 e. The van der Waals surface area contributed by atoms with Gasteiger partial charge in [0, 0.05) is 17.9 Å². The van der Waals surface area contributed by atoms with Crippen LogP contribution in [0.4, 0.5) is 16.2 Å². The number of carbonyl (C=O) groups excluding carboxylic acids is 2. The van der Waals surface area contributed by atoms with Gasteiger partial charge in [0.1, 0.15) is 0 Å². The van der Waals surface area contributed by atoms with Crippen molar-refractivity contribution in [2.24, 2.45) is 5.73 Å². The van der Waals surface area contributed by atoms with E-state index >= 15 is 0 Å². The highest BCUT2D eigenvalue weighted by molar-refractivity contribution is 6.02. The van der Waals surface area contributed by atoms with E-state index in [1.165, 1.54) is 5.56 Å². The lowest BCUT2D eigenvalue weighted by atomic mass is 10.1. The van der Waals surface area contributed by atoms with Gasteiger partial charge in [0.2, 0.25) is 5.91 Å². The molecule has 2 aromatic rings. The number of amides is 3. The Kier molecular flexibility index (Phi) is 4.79. The van der Waals surface area contributed by atoms with Gasteiger partial charge in [0.05, 0.1) is 6.42 Å². The van der Waals surface area contributed by atoms with Crippen molar-refractivity contribution in [1.29, 1.82) is 0 Å². The number of hydrogen-bond acceptors (Lipinski definition) is 2. The smallest absolute Gasteiger partial charge is 0.326 e. The van der Waals surface area contributed by atoms with Gasteiger partial charge in [-0.15, -0.1) is 0 Å². The average Bonchev–Trinajstić information content (AvgIpc) is 2.78. The molecule has 0 aromatic heterocycles. The second kappa shape index (κ2) is 7.17. The number of hydrogen-bond donors (Lipinski definition) is 2. The molecule has 1 heterocycles. The van der Waals surface area contributed by atoms with Crippen molar-refractivity contribution in [2.45, 2.75) is 25.7 Å². The highest BCUT2D eigenvalue weighted by Gasteiger charge is 2.20. The lowest BCUT2D eigenvalue weighted by molar-refractivity contribution is -0.117. The number of rotatable bonds is 3. The van der Waals surface area contributed by atoms with Crippen molar-refractivity contribution in [2.75, 3.05) is 16.8 Å². The van der Waals surface area contributed by atoms with Crippen LogP contribution in [0.15, 0.2) is 48.5 Å². The number of fused-ring (bicyclic) bond motifs is 1. The molecular formula is C19H21N3O2. The molecule has 3 rings (SSSR count). The van der Waals surface area contributed by atoms with Crippen LogP contribution in [0.3, 0.4) is 0 Å². The normalized spacial score (nSPS) is 13.8. The van der Waals surface area contributed by atoms with E-state index in [4.69, 9.17) is 5.73 Å². The summed E-state index contributed by atoms with van der Waals surface area (Å²) in [6.45, 7) is 0.711. The zero-order chi connectivity index (χ0) is 16.9. The first kappa shape index (κ1) is 16.1. The molecule has 0 saturated heterocycles. The van der Waals surface area contributed by atoms with E-state index in [2.05, 4.69) is 11.4 Å². The molecule has 1 aliphatic rings. The largest absolute Gasteiger partial charge is 0.369 e. The van der Waals surface area contributed by atoms with E-state index in [0.29, 0.717) is 12.2 Å². The van der Waals surface area contributed by atoms with Crippen LogP contribution in [0.2, 0.25) is 0 Å². The van der Waals surface area contributed by atoms with Crippen molar-refractivity contribution in [1.82, 2.24) is 0 Å². The van der Waals surface area contributed by atoms with E-state index in [1.807, 2.05) is 18.2 Å². The molecule has 0 atom stereocenters. The predicted octanol–water partition coefficient (Wildman–Crippen LogP) is 3.09. The van der Waals surface area contributed by atoms with Crippen LogP contribution in [0.5, 0.6) is 0 Å². The second-order valence-electron chi connectivity index (χ2n) is 6.01. The SMILES string of the molecule is NC(=O)Cc1ccc(NC(=O)N2CCCCc3ccccc32)cc1.